The van der Waals surface area contributed by atoms with Crippen molar-refractivity contribution >= 4 is 33.4 Å². The van der Waals surface area contributed by atoms with Gasteiger partial charge in [0.05, 0.1) is 17.7 Å². The molecule has 0 radical (unpaired) electrons. The maximum Gasteiger partial charge on any atom is 0.261 e. The Morgan fingerprint density at radius 2 is 2.07 bits per heavy atom. The van der Waals surface area contributed by atoms with Gasteiger partial charge in [-0.1, -0.05) is 17.7 Å². The summed E-state index contributed by atoms with van der Waals surface area (Å²) in [5.41, 5.74) is 0.893. The summed E-state index contributed by atoms with van der Waals surface area (Å²) in [5.74, 6) is 1.60. The van der Waals surface area contributed by atoms with Gasteiger partial charge in [-0.15, -0.1) is 0 Å². The van der Waals surface area contributed by atoms with E-state index >= 15 is 0 Å². The Balaban J connectivity index is 1.53. The smallest absolute Gasteiger partial charge is 0.261 e. The molecule has 0 spiro atoms. The van der Waals surface area contributed by atoms with Crippen LogP contribution in [0.4, 0.5) is 0 Å². The second-order valence-electron chi connectivity index (χ2n) is 6.98. The van der Waals surface area contributed by atoms with Gasteiger partial charge < -0.3 is 24.3 Å². The number of carbonyl (C=O) groups excluding carboxylic acids is 1. The summed E-state index contributed by atoms with van der Waals surface area (Å²) < 4.78 is 23.3. The van der Waals surface area contributed by atoms with Crippen LogP contribution in [-0.2, 0) is 16.1 Å². The van der Waals surface area contributed by atoms with Crippen molar-refractivity contribution in [2.24, 2.45) is 0 Å². The van der Waals surface area contributed by atoms with Crippen LogP contribution >= 0.6 is 27.5 Å². The SMILES string of the molecule is COc1cc(CNC(=O)C(C)Oc2ccc(Cl)cc2Br)ccc1OCC1CCCO1. The molecule has 0 aliphatic carbocycles. The van der Waals surface area contributed by atoms with E-state index in [2.05, 4.69) is 21.2 Å². The number of hydrogen-bond donors (Lipinski definition) is 1. The lowest BCUT2D eigenvalue weighted by Crippen LogP contribution is -2.36. The molecule has 1 saturated heterocycles. The first-order valence-electron chi connectivity index (χ1n) is 9.77. The van der Waals surface area contributed by atoms with Crippen LogP contribution in [0.3, 0.4) is 0 Å². The first-order chi connectivity index (χ1) is 14.5. The summed E-state index contributed by atoms with van der Waals surface area (Å²) in [4.78, 5) is 12.4. The Bertz CT molecular complexity index is 873. The Kier molecular flexibility index (Phi) is 8.24. The lowest BCUT2D eigenvalue weighted by molar-refractivity contribution is -0.127. The van der Waals surface area contributed by atoms with Gasteiger partial charge in [-0.3, -0.25) is 4.79 Å². The van der Waals surface area contributed by atoms with Gasteiger partial charge in [-0.25, -0.2) is 0 Å². The average Bonchev–Trinajstić information content (AvgIpc) is 3.26. The van der Waals surface area contributed by atoms with Gasteiger partial charge in [-0.05, 0) is 71.6 Å². The Labute approximate surface area is 189 Å². The molecule has 1 N–H and O–H groups in total. The van der Waals surface area contributed by atoms with Crippen molar-refractivity contribution in [1.82, 2.24) is 5.32 Å². The van der Waals surface area contributed by atoms with Gasteiger partial charge >= 0.3 is 0 Å². The third-order valence-corrected chi connectivity index (χ3v) is 5.57. The topological polar surface area (TPSA) is 66.0 Å². The summed E-state index contributed by atoms with van der Waals surface area (Å²) in [5, 5.41) is 3.46. The number of ether oxygens (including phenoxy) is 4. The summed E-state index contributed by atoms with van der Waals surface area (Å²) in [6, 6.07) is 10.7. The maximum absolute atomic E-state index is 12.4. The zero-order valence-electron chi connectivity index (χ0n) is 17.0. The second kappa shape index (κ2) is 10.9. The zero-order chi connectivity index (χ0) is 21.5. The summed E-state index contributed by atoms with van der Waals surface area (Å²) in [7, 11) is 1.59. The van der Waals surface area contributed by atoms with Gasteiger partial charge in [-0.2, -0.15) is 0 Å². The molecule has 3 rings (SSSR count). The number of rotatable bonds is 9. The highest BCUT2D eigenvalue weighted by Crippen LogP contribution is 2.30. The fourth-order valence-electron chi connectivity index (χ4n) is 3.05. The quantitative estimate of drug-likeness (QED) is 0.540. The number of carbonyl (C=O) groups is 1. The number of halogens is 2. The minimum absolute atomic E-state index is 0.135. The van der Waals surface area contributed by atoms with Crippen LogP contribution in [0, 0.1) is 0 Å². The number of amides is 1. The van der Waals surface area contributed by atoms with Crippen LogP contribution in [0.5, 0.6) is 17.2 Å². The predicted molar refractivity (Wildman–Crippen MR) is 119 cm³/mol. The predicted octanol–water partition coefficient (Wildman–Crippen LogP) is 4.75. The van der Waals surface area contributed by atoms with Gasteiger partial charge in [0.15, 0.2) is 17.6 Å². The van der Waals surface area contributed by atoms with Crippen LogP contribution in [0.1, 0.15) is 25.3 Å². The molecular weight excluding hydrogens is 474 g/mol. The van der Waals surface area contributed by atoms with E-state index in [-0.39, 0.29) is 12.0 Å². The van der Waals surface area contributed by atoms with E-state index in [1.807, 2.05) is 18.2 Å². The normalized spacial score (nSPS) is 16.7. The molecule has 0 aromatic heterocycles. The molecule has 1 aliphatic heterocycles. The molecule has 2 aromatic rings. The van der Waals surface area contributed by atoms with E-state index in [9.17, 15) is 4.79 Å². The fourth-order valence-corrected chi connectivity index (χ4v) is 3.82. The van der Waals surface area contributed by atoms with Crippen molar-refractivity contribution in [3.05, 3.63) is 51.5 Å². The van der Waals surface area contributed by atoms with E-state index in [0.717, 1.165) is 25.0 Å². The Hall–Kier alpha value is -1.96. The van der Waals surface area contributed by atoms with Crippen LogP contribution in [0.15, 0.2) is 40.9 Å². The third kappa shape index (κ3) is 6.27. The van der Waals surface area contributed by atoms with Crippen molar-refractivity contribution < 1.29 is 23.7 Å². The van der Waals surface area contributed by atoms with Crippen LogP contribution < -0.4 is 19.5 Å². The summed E-state index contributed by atoms with van der Waals surface area (Å²) in [6.45, 7) is 3.33. The van der Waals surface area contributed by atoms with Crippen molar-refractivity contribution in [1.29, 1.82) is 0 Å². The zero-order valence-corrected chi connectivity index (χ0v) is 19.3. The van der Waals surface area contributed by atoms with Crippen LogP contribution in [0.2, 0.25) is 5.02 Å². The molecule has 2 atom stereocenters. The van der Waals surface area contributed by atoms with E-state index in [0.29, 0.717) is 39.9 Å². The van der Waals surface area contributed by atoms with Crippen LogP contribution in [0.25, 0.3) is 0 Å². The molecule has 2 aromatic carbocycles. The minimum atomic E-state index is -0.668. The molecule has 0 saturated carbocycles. The maximum atomic E-state index is 12.4. The molecule has 1 heterocycles. The standard InChI is InChI=1S/C22H25BrClNO5/c1-14(30-19-8-6-16(24)11-18(19)23)22(26)25-12-15-5-7-20(21(10-15)27-2)29-13-17-4-3-9-28-17/h5-8,10-11,14,17H,3-4,9,12-13H2,1-2H3,(H,25,26). The van der Waals surface area contributed by atoms with Crippen molar-refractivity contribution in [3.8, 4) is 17.2 Å². The van der Waals surface area contributed by atoms with Crippen molar-refractivity contribution in [2.45, 2.75) is 38.5 Å². The van der Waals surface area contributed by atoms with Gasteiger partial charge in [0.25, 0.3) is 5.91 Å². The molecule has 1 aliphatic rings. The van der Waals surface area contributed by atoms with E-state index in [1.165, 1.54) is 0 Å². The van der Waals surface area contributed by atoms with Crippen LogP contribution in [-0.4, -0.2) is 38.4 Å². The lowest BCUT2D eigenvalue weighted by atomic mass is 10.2. The second-order valence-corrected chi connectivity index (χ2v) is 8.27. The molecule has 2 unspecified atom stereocenters. The van der Waals surface area contributed by atoms with E-state index in [4.69, 9.17) is 30.5 Å². The van der Waals surface area contributed by atoms with Gasteiger partial charge in [0.1, 0.15) is 12.4 Å². The third-order valence-electron chi connectivity index (χ3n) is 4.71. The monoisotopic (exact) mass is 497 g/mol. The molecule has 0 bridgehead atoms. The lowest BCUT2D eigenvalue weighted by Gasteiger charge is -2.17. The Morgan fingerprint density at radius 3 is 2.77 bits per heavy atom. The number of hydrogen-bond acceptors (Lipinski definition) is 5. The molecular formula is C22H25BrClNO5. The largest absolute Gasteiger partial charge is 0.493 e. The minimum Gasteiger partial charge on any atom is -0.493 e. The molecule has 162 valence electrons. The molecule has 6 nitrogen and oxygen atoms in total. The summed E-state index contributed by atoms with van der Waals surface area (Å²) >= 11 is 9.31. The highest BCUT2D eigenvalue weighted by Gasteiger charge is 2.18. The first-order valence-corrected chi connectivity index (χ1v) is 10.9. The van der Waals surface area contributed by atoms with E-state index < -0.39 is 6.10 Å². The molecule has 8 heteroatoms. The average molecular weight is 499 g/mol. The first kappa shape index (κ1) is 22.7. The highest BCUT2D eigenvalue weighted by atomic mass is 79.9. The summed E-state index contributed by atoms with van der Waals surface area (Å²) in [6.07, 6.45) is 1.55. The Morgan fingerprint density at radius 1 is 1.27 bits per heavy atom. The molecule has 1 fully saturated rings. The highest BCUT2D eigenvalue weighted by molar-refractivity contribution is 9.10. The number of methoxy groups -OCH3 is 1. The fraction of sp³-hybridized carbons (Fsp3) is 0.409. The molecule has 30 heavy (non-hydrogen) atoms. The van der Waals surface area contributed by atoms with Crippen molar-refractivity contribution in [3.63, 3.8) is 0 Å². The van der Waals surface area contributed by atoms with Gasteiger partial charge in [0.2, 0.25) is 0 Å². The number of nitrogens with one attached hydrogen (secondary N) is 1. The van der Waals surface area contributed by atoms with Gasteiger partial charge in [0, 0.05) is 18.2 Å². The van der Waals surface area contributed by atoms with E-state index in [1.54, 1.807) is 32.2 Å². The number of benzene rings is 2. The van der Waals surface area contributed by atoms with Crippen molar-refractivity contribution in [2.75, 3.05) is 20.3 Å². The molecule has 1 amide bonds.